The molecule has 2 aromatic rings. The second-order valence-corrected chi connectivity index (χ2v) is 4.66. The van der Waals surface area contributed by atoms with Gasteiger partial charge in [-0.3, -0.25) is 0 Å². The summed E-state index contributed by atoms with van der Waals surface area (Å²) in [5, 5.41) is 8.98. The fourth-order valence-electron chi connectivity index (χ4n) is 2.08. The van der Waals surface area contributed by atoms with Crippen LogP contribution in [-0.4, -0.2) is 11.1 Å². The van der Waals surface area contributed by atoms with Crippen LogP contribution in [0.1, 0.15) is 27.0 Å². The first-order valence-corrected chi connectivity index (χ1v) is 6.19. The number of rotatable bonds is 4. The molecule has 0 aliphatic carbocycles. The summed E-state index contributed by atoms with van der Waals surface area (Å²) in [5.74, 6) is -0.632. The van der Waals surface area contributed by atoms with E-state index in [1.165, 1.54) is 12.1 Å². The van der Waals surface area contributed by atoms with Gasteiger partial charge in [0.25, 0.3) is 0 Å². The van der Waals surface area contributed by atoms with Gasteiger partial charge in [-0.2, -0.15) is 0 Å². The molecule has 4 heteroatoms. The first-order chi connectivity index (χ1) is 9.47. The van der Waals surface area contributed by atoms with E-state index >= 15 is 0 Å². The maximum Gasteiger partial charge on any atom is 0.335 e. The average molecular weight is 274 g/mol. The topological polar surface area (TPSA) is 46.5 Å². The van der Waals surface area contributed by atoms with Crippen LogP contribution < -0.4 is 4.74 Å². The average Bonchev–Trinajstić information content (AvgIpc) is 2.37. The van der Waals surface area contributed by atoms with Crippen molar-refractivity contribution in [1.29, 1.82) is 0 Å². The van der Waals surface area contributed by atoms with E-state index in [1.807, 2.05) is 0 Å². The highest BCUT2D eigenvalue weighted by molar-refractivity contribution is 5.88. The maximum absolute atomic E-state index is 13.1. The number of carboxylic acids is 1. The third-order valence-electron chi connectivity index (χ3n) is 2.98. The Hall–Kier alpha value is -2.36. The van der Waals surface area contributed by atoms with E-state index < -0.39 is 5.97 Å². The zero-order valence-electron chi connectivity index (χ0n) is 11.3. The molecule has 2 aromatic carbocycles. The Balaban J connectivity index is 2.20. The maximum atomic E-state index is 13.1. The van der Waals surface area contributed by atoms with Crippen LogP contribution in [0.5, 0.6) is 5.75 Å². The molecule has 0 radical (unpaired) electrons. The number of aromatic carboxylic acids is 1. The number of ether oxygens (including phenoxy) is 1. The Morgan fingerprint density at radius 1 is 1.20 bits per heavy atom. The standard InChI is InChI=1S/C16H15FO3/c1-10-6-13(16(18)19)7-11(2)15(10)20-9-12-4-3-5-14(17)8-12/h3-8H,9H2,1-2H3,(H,18,19). The van der Waals surface area contributed by atoms with Crippen LogP contribution in [0, 0.1) is 19.7 Å². The molecule has 0 atom stereocenters. The summed E-state index contributed by atoms with van der Waals surface area (Å²) in [6, 6.07) is 9.32. The minimum atomic E-state index is -0.965. The van der Waals surface area contributed by atoms with Gasteiger partial charge in [-0.25, -0.2) is 9.18 Å². The van der Waals surface area contributed by atoms with Crippen LogP contribution in [0.3, 0.4) is 0 Å². The molecule has 2 rings (SSSR count). The Morgan fingerprint density at radius 3 is 2.40 bits per heavy atom. The Kier molecular flexibility index (Phi) is 4.03. The summed E-state index contributed by atoms with van der Waals surface area (Å²) in [4.78, 5) is 11.0. The number of hydrogen-bond acceptors (Lipinski definition) is 2. The van der Waals surface area contributed by atoms with E-state index in [0.29, 0.717) is 5.75 Å². The van der Waals surface area contributed by atoms with Gasteiger partial charge in [0.2, 0.25) is 0 Å². The van der Waals surface area contributed by atoms with Gasteiger partial charge in [-0.15, -0.1) is 0 Å². The van der Waals surface area contributed by atoms with E-state index in [-0.39, 0.29) is 18.0 Å². The lowest BCUT2D eigenvalue weighted by Gasteiger charge is -2.13. The molecule has 0 unspecified atom stereocenters. The summed E-state index contributed by atoms with van der Waals surface area (Å²) >= 11 is 0. The van der Waals surface area contributed by atoms with E-state index in [0.717, 1.165) is 16.7 Å². The van der Waals surface area contributed by atoms with Crippen LogP contribution in [0.4, 0.5) is 4.39 Å². The molecule has 0 aromatic heterocycles. The Labute approximate surface area is 116 Å². The quantitative estimate of drug-likeness (QED) is 0.924. The number of benzene rings is 2. The van der Waals surface area contributed by atoms with Crippen LogP contribution in [-0.2, 0) is 6.61 Å². The molecule has 0 heterocycles. The summed E-state index contributed by atoms with van der Waals surface area (Å²) in [5.41, 5.74) is 2.46. The lowest BCUT2D eigenvalue weighted by Crippen LogP contribution is -2.03. The highest BCUT2D eigenvalue weighted by Gasteiger charge is 2.10. The Bertz CT molecular complexity index is 627. The summed E-state index contributed by atoms with van der Waals surface area (Å²) in [7, 11) is 0. The van der Waals surface area contributed by atoms with E-state index in [4.69, 9.17) is 9.84 Å². The van der Waals surface area contributed by atoms with E-state index in [2.05, 4.69) is 0 Å². The predicted molar refractivity (Wildman–Crippen MR) is 73.6 cm³/mol. The number of aryl methyl sites for hydroxylation is 2. The molecule has 0 amide bonds. The smallest absolute Gasteiger partial charge is 0.335 e. The van der Waals surface area contributed by atoms with Crippen LogP contribution >= 0.6 is 0 Å². The molecule has 3 nitrogen and oxygen atoms in total. The fourth-order valence-corrected chi connectivity index (χ4v) is 2.08. The third kappa shape index (κ3) is 3.15. The van der Waals surface area contributed by atoms with Gasteiger partial charge in [0.1, 0.15) is 18.2 Å². The summed E-state index contributed by atoms with van der Waals surface area (Å²) in [6.07, 6.45) is 0. The lowest BCUT2D eigenvalue weighted by atomic mass is 10.1. The van der Waals surface area contributed by atoms with Gasteiger partial charge in [-0.1, -0.05) is 12.1 Å². The zero-order valence-corrected chi connectivity index (χ0v) is 11.3. The van der Waals surface area contributed by atoms with Crippen LogP contribution in [0.15, 0.2) is 36.4 Å². The van der Waals surface area contributed by atoms with Crippen LogP contribution in [0.2, 0.25) is 0 Å². The number of hydrogen-bond donors (Lipinski definition) is 1. The third-order valence-corrected chi connectivity index (χ3v) is 2.98. The first kappa shape index (κ1) is 14.1. The molecule has 0 aliphatic heterocycles. The molecule has 0 aliphatic rings. The van der Waals surface area contributed by atoms with E-state index in [1.54, 1.807) is 38.1 Å². The molecule has 0 fully saturated rings. The second kappa shape index (κ2) is 5.74. The largest absolute Gasteiger partial charge is 0.488 e. The van der Waals surface area contributed by atoms with Gasteiger partial charge < -0.3 is 9.84 Å². The number of carboxylic acid groups (broad SMARTS) is 1. The molecule has 20 heavy (non-hydrogen) atoms. The summed E-state index contributed by atoms with van der Waals surface area (Å²) in [6.45, 7) is 3.83. The molecule has 0 saturated carbocycles. The SMILES string of the molecule is Cc1cc(C(=O)O)cc(C)c1OCc1cccc(F)c1. The molecule has 1 N–H and O–H groups in total. The lowest BCUT2D eigenvalue weighted by molar-refractivity contribution is 0.0696. The minimum Gasteiger partial charge on any atom is -0.488 e. The molecular formula is C16H15FO3. The zero-order chi connectivity index (χ0) is 14.7. The molecular weight excluding hydrogens is 259 g/mol. The van der Waals surface area contributed by atoms with Crippen molar-refractivity contribution < 1.29 is 19.0 Å². The highest BCUT2D eigenvalue weighted by Crippen LogP contribution is 2.25. The highest BCUT2D eigenvalue weighted by atomic mass is 19.1. The van der Waals surface area contributed by atoms with Crippen molar-refractivity contribution in [3.63, 3.8) is 0 Å². The van der Waals surface area contributed by atoms with E-state index in [9.17, 15) is 9.18 Å². The van der Waals surface area contributed by atoms with Crippen molar-refractivity contribution in [2.45, 2.75) is 20.5 Å². The second-order valence-electron chi connectivity index (χ2n) is 4.66. The van der Waals surface area contributed by atoms with Crippen molar-refractivity contribution in [1.82, 2.24) is 0 Å². The van der Waals surface area contributed by atoms with Gasteiger partial charge in [0.05, 0.1) is 5.56 Å². The molecule has 0 saturated heterocycles. The Morgan fingerprint density at radius 2 is 1.85 bits per heavy atom. The normalized spacial score (nSPS) is 10.3. The van der Waals surface area contributed by atoms with Crippen molar-refractivity contribution in [2.75, 3.05) is 0 Å². The number of carbonyl (C=O) groups is 1. The van der Waals surface area contributed by atoms with Gasteiger partial charge >= 0.3 is 5.97 Å². The number of halogens is 1. The van der Waals surface area contributed by atoms with Crippen molar-refractivity contribution in [2.24, 2.45) is 0 Å². The molecule has 0 bridgehead atoms. The van der Waals surface area contributed by atoms with Gasteiger partial charge in [0.15, 0.2) is 0 Å². The van der Waals surface area contributed by atoms with Crippen molar-refractivity contribution >= 4 is 5.97 Å². The van der Waals surface area contributed by atoms with Gasteiger partial charge in [0, 0.05) is 0 Å². The predicted octanol–water partition coefficient (Wildman–Crippen LogP) is 3.72. The molecule has 0 spiro atoms. The van der Waals surface area contributed by atoms with Crippen LogP contribution in [0.25, 0.3) is 0 Å². The van der Waals surface area contributed by atoms with Crippen molar-refractivity contribution in [3.05, 3.63) is 64.5 Å². The summed E-state index contributed by atoms with van der Waals surface area (Å²) < 4.78 is 18.8. The van der Waals surface area contributed by atoms with Gasteiger partial charge in [-0.05, 0) is 54.8 Å². The molecule has 104 valence electrons. The first-order valence-electron chi connectivity index (χ1n) is 6.19. The fraction of sp³-hybridized carbons (Fsp3) is 0.188. The van der Waals surface area contributed by atoms with Crippen molar-refractivity contribution in [3.8, 4) is 5.75 Å². The monoisotopic (exact) mass is 274 g/mol. The minimum absolute atomic E-state index is 0.234.